The Bertz CT molecular complexity index is 473. The summed E-state index contributed by atoms with van der Waals surface area (Å²) < 4.78 is 1.69. The molecule has 2 aromatic heterocycles. The normalized spacial score (nSPS) is 10.4. The molecule has 0 aliphatic heterocycles. The van der Waals surface area contributed by atoms with Crippen LogP contribution in [0.15, 0.2) is 30.6 Å². The van der Waals surface area contributed by atoms with Gasteiger partial charge in [-0.1, -0.05) is 0 Å². The van der Waals surface area contributed by atoms with E-state index in [9.17, 15) is 4.79 Å². The average Bonchev–Trinajstić information content (AvgIpc) is 2.63. The van der Waals surface area contributed by atoms with E-state index in [4.69, 9.17) is 0 Å². The molecule has 14 heavy (non-hydrogen) atoms. The Kier molecular flexibility index (Phi) is 1.96. The van der Waals surface area contributed by atoms with E-state index in [2.05, 4.69) is 5.10 Å². The van der Waals surface area contributed by atoms with Crippen molar-refractivity contribution >= 4 is 11.4 Å². The van der Waals surface area contributed by atoms with Crippen LogP contribution in [-0.4, -0.2) is 34.5 Å². The van der Waals surface area contributed by atoms with Gasteiger partial charge in [-0.25, -0.2) is 4.52 Å². The third kappa shape index (κ3) is 1.25. The monoisotopic (exact) mass is 189 g/mol. The van der Waals surface area contributed by atoms with Gasteiger partial charge in [-0.05, 0) is 18.2 Å². The zero-order chi connectivity index (χ0) is 10.1. The van der Waals surface area contributed by atoms with Crippen LogP contribution in [0.4, 0.5) is 0 Å². The Hall–Kier alpha value is -1.84. The van der Waals surface area contributed by atoms with Crippen molar-refractivity contribution in [3.05, 3.63) is 36.2 Å². The van der Waals surface area contributed by atoms with E-state index in [0.717, 1.165) is 5.52 Å². The number of carbonyl (C=O) groups is 1. The predicted molar refractivity (Wildman–Crippen MR) is 53.2 cm³/mol. The molecule has 0 bridgehead atoms. The standard InChI is InChI=1S/C10H11N3O/c1-12(2)10(14)8-4-3-7-13-9(8)5-6-11-13/h3-7H,1-2H3. The van der Waals surface area contributed by atoms with E-state index in [1.165, 1.54) is 0 Å². The van der Waals surface area contributed by atoms with Gasteiger partial charge in [0.2, 0.25) is 0 Å². The van der Waals surface area contributed by atoms with E-state index in [0.29, 0.717) is 5.56 Å². The van der Waals surface area contributed by atoms with Crippen LogP contribution in [0.2, 0.25) is 0 Å². The molecular formula is C10H11N3O. The Morgan fingerprint density at radius 1 is 1.43 bits per heavy atom. The lowest BCUT2D eigenvalue weighted by atomic mass is 10.2. The van der Waals surface area contributed by atoms with Crippen LogP contribution < -0.4 is 0 Å². The largest absolute Gasteiger partial charge is 0.345 e. The minimum Gasteiger partial charge on any atom is -0.345 e. The van der Waals surface area contributed by atoms with Crippen molar-refractivity contribution < 1.29 is 4.79 Å². The van der Waals surface area contributed by atoms with Gasteiger partial charge in [-0.2, -0.15) is 5.10 Å². The number of pyridine rings is 1. The maximum Gasteiger partial charge on any atom is 0.255 e. The molecular weight excluding hydrogens is 178 g/mol. The third-order valence-electron chi connectivity index (χ3n) is 2.07. The second-order valence-corrected chi connectivity index (χ2v) is 3.28. The molecule has 0 unspecified atom stereocenters. The molecule has 2 heterocycles. The molecule has 1 amide bonds. The molecule has 2 rings (SSSR count). The van der Waals surface area contributed by atoms with E-state index >= 15 is 0 Å². The lowest BCUT2D eigenvalue weighted by molar-refractivity contribution is 0.0829. The van der Waals surface area contributed by atoms with Crippen LogP contribution in [0.25, 0.3) is 5.52 Å². The maximum absolute atomic E-state index is 11.7. The molecule has 0 spiro atoms. The fraction of sp³-hybridized carbons (Fsp3) is 0.200. The molecule has 72 valence electrons. The fourth-order valence-corrected chi connectivity index (χ4v) is 1.37. The van der Waals surface area contributed by atoms with Gasteiger partial charge in [0.15, 0.2) is 0 Å². The van der Waals surface area contributed by atoms with Gasteiger partial charge in [0.1, 0.15) is 0 Å². The van der Waals surface area contributed by atoms with Crippen molar-refractivity contribution in [1.29, 1.82) is 0 Å². The molecule has 0 atom stereocenters. The summed E-state index contributed by atoms with van der Waals surface area (Å²) in [4.78, 5) is 13.3. The Labute approximate surface area is 81.8 Å². The first-order chi connectivity index (χ1) is 6.70. The fourth-order valence-electron chi connectivity index (χ4n) is 1.37. The lowest BCUT2D eigenvalue weighted by Gasteiger charge is -2.10. The summed E-state index contributed by atoms with van der Waals surface area (Å²) in [5, 5.41) is 4.07. The first-order valence-corrected chi connectivity index (χ1v) is 4.34. The van der Waals surface area contributed by atoms with Gasteiger partial charge in [0.25, 0.3) is 5.91 Å². The number of nitrogens with zero attached hydrogens (tertiary/aromatic N) is 3. The second-order valence-electron chi connectivity index (χ2n) is 3.28. The summed E-state index contributed by atoms with van der Waals surface area (Å²) in [6.45, 7) is 0. The zero-order valence-corrected chi connectivity index (χ0v) is 8.14. The van der Waals surface area contributed by atoms with Crippen LogP contribution in [0.1, 0.15) is 10.4 Å². The molecule has 0 aliphatic carbocycles. The Balaban J connectivity index is 2.62. The lowest BCUT2D eigenvalue weighted by Crippen LogP contribution is -2.22. The SMILES string of the molecule is CN(C)C(=O)c1cccn2nccc12. The summed E-state index contributed by atoms with van der Waals surface area (Å²) in [5.74, 6) is -0.00361. The first kappa shape index (κ1) is 8.74. The number of hydrogen-bond acceptors (Lipinski definition) is 2. The van der Waals surface area contributed by atoms with Crippen molar-refractivity contribution in [1.82, 2.24) is 14.5 Å². The third-order valence-corrected chi connectivity index (χ3v) is 2.07. The summed E-state index contributed by atoms with van der Waals surface area (Å²) in [5.41, 5.74) is 1.52. The minimum absolute atomic E-state index is 0.00361. The molecule has 0 N–H and O–H groups in total. The zero-order valence-electron chi connectivity index (χ0n) is 8.14. The number of amides is 1. The van der Waals surface area contributed by atoms with Crippen LogP contribution in [-0.2, 0) is 0 Å². The van der Waals surface area contributed by atoms with Gasteiger partial charge >= 0.3 is 0 Å². The van der Waals surface area contributed by atoms with Crippen molar-refractivity contribution in [3.8, 4) is 0 Å². The van der Waals surface area contributed by atoms with Crippen LogP contribution in [0.5, 0.6) is 0 Å². The molecule has 0 radical (unpaired) electrons. The van der Waals surface area contributed by atoms with Crippen molar-refractivity contribution in [2.24, 2.45) is 0 Å². The smallest absolute Gasteiger partial charge is 0.255 e. The number of fused-ring (bicyclic) bond motifs is 1. The second kappa shape index (κ2) is 3.14. The van der Waals surface area contributed by atoms with E-state index in [1.807, 2.05) is 18.3 Å². The Morgan fingerprint density at radius 3 is 2.93 bits per heavy atom. The Morgan fingerprint density at radius 2 is 2.21 bits per heavy atom. The molecule has 4 nitrogen and oxygen atoms in total. The number of aromatic nitrogens is 2. The number of hydrogen-bond donors (Lipinski definition) is 0. The summed E-state index contributed by atoms with van der Waals surface area (Å²) in [6, 6.07) is 5.45. The van der Waals surface area contributed by atoms with Gasteiger partial charge in [-0.3, -0.25) is 4.79 Å². The highest BCUT2D eigenvalue weighted by Crippen LogP contribution is 2.11. The van der Waals surface area contributed by atoms with E-state index in [1.54, 1.807) is 35.8 Å². The van der Waals surface area contributed by atoms with Gasteiger partial charge in [0.05, 0.1) is 17.3 Å². The summed E-state index contributed by atoms with van der Waals surface area (Å²) in [6.07, 6.45) is 3.50. The van der Waals surface area contributed by atoms with Crippen molar-refractivity contribution in [2.45, 2.75) is 0 Å². The molecule has 2 aromatic rings. The summed E-state index contributed by atoms with van der Waals surface area (Å²) in [7, 11) is 3.48. The molecule has 0 saturated heterocycles. The highest BCUT2D eigenvalue weighted by molar-refractivity contribution is 6.00. The minimum atomic E-state index is -0.00361. The average molecular weight is 189 g/mol. The highest BCUT2D eigenvalue weighted by Gasteiger charge is 2.11. The van der Waals surface area contributed by atoms with Crippen LogP contribution in [0, 0.1) is 0 Å². The van der Waals surface area contributed by atoms with Crippen molar-refractivity contribution in [3.63, 3.8) is 0 Å². The van der Waals surface area contributed by atoms with E-state index in [-0.39, 0.29) is 5.91 Å². The molecule has 4 heteroatoms. The predicted octanol–water partition coefficient (Wildman–Crippen LogP) is 1.04. The van der Waals surface area contributed by atoms with Gasteiger partial charge < -0.3 is 4.90 Å². The number of rotatable bonds is 1. The molecule has 0 aromatic carbocycles. The van der Waals surface area contributed by atoms with E-state index < -0.39 is 0 Å². The van der Waals surface area contributed by atoms with Gasteiger partial charge in [-0.15, -0.1) is 0 Å². The topological polar surface area (TPSA) is 37.6 Å². The van der Waals surface area contributed by atoms with Crippen molar-refractivity contribution in [2.75, 3.05) is 14.1 Å². The summed E-state index contributed by atoms with van der Waals surface area (Å²) >= 11 is 0. The first-order valence-electron chi connectivity index (χ1n) is 4.34. The molecule has 0 aliphatic rings. The van der Waals surface area contributed by atoms with Crippen LogP contribution >= 0.6 is 0 Å². The van der Waals surface area contributed by atoms with Crippen LogP contribution in [0.3, 0.4) is 0 Å². The quantitative estimate of drug-likeness (QED) is 0.672. The van der Waals surface area contributed by atoms with Gasteiger partial charge in [0, 0.05) is 20.3 Å². The maximum atomic E-state index is 11.7. The molecule has 0 fully saturated rings. The molecule has 0 saturated carbocycles. The highest BCUT2D eigenvalue weighted by atomic mass is 16.2. The number of carbonyl (C=O) groups excluding carboxylic acids is 1.